The van der Waals surface area contributed by atoms with E-state index in [1.807, 2.05) is 0 Å². The van der Waals surface area contributed by atoms with Crippen LogP contribution in [0.15, 0.2) is 10.3 Å². The summed E-state index contributed by atoms with van der Waals surface area (Å²) in [5.41, 5.74) is 0. The summed E-state index contributed by atoms with van der Waals surface area (Å²) in [7, 11) is 0. The van der Waals surface area contributed by atoms with Crippen LogP contribution in [0.4, 0.5) is 8.78 Å². The second-order valence-electron chi connectivity index (χ2n) is 2.15. The van der Waals surface area contributed by atoms with Crippen LogP contribution in [0, 0.1) is 0 Å². The minimum absolute atomic E-state index is 0.199. The maximum atomic E-state index is 11.9. The van der Waals surface area contributed by atoms with Gasteiger partial charge in [0.1, 0.15) is 0 Å². The molecule has 3 nitrogen and oxygen atoms in total. The van der Waals surface area contributed by atoms with Gasteiger partial charge in [-0.05, 0) is 6.26 Å². The Labute approximate surface area is 86.7 Å². The average molecular weight is 240 g/mol. The third kappa shape index (κ3) is 2.58. The lowest BCUT2D eigenvalue weighted by Crippen LogP contribution is -2.04. The van der Waals surface area contributed by atoms with E-state index < -0.39 is 12.6 Å². The van der Waals surface area contributed by atoms with Crippen LogP contribution in [0.5, 0.6) is 5.75 Å². The number of alkyl halides is 2. The van der Waals surface area contributed by atoms with E-state index in [-0.39, 0.29) is 10.6 Å². The quantitative estimate of drug-likeness (QED) is 0.822. The number of hydrogen-bond donors (Lipinski definition) is 1. The monoisotopic (exact) mass is 240 g/mol. The van der Waals surface area contributed by atoms with Gasteiger partial charge < -0.3 is 9.84 Å². The zero-order valence-corrected chi connectivity index (χ0v) is 8.62. The van der Waals surface area contributed by atoms with E-state index in [0.29, 0.717) is 4.21 Å². The van der Waals surface area contributed by atoms with E-state index in [9.17, 15) is 13.6 Å². The zero-order valence-electron chi connectivity index (χ0n) is 6.99. The maximum Gasteiger partial charge on any atom is 0.387 e. The summed E-state index contributed by atoms with van der Waals surface area (Å²) in [5.74, 6) is -1.53. The molecule has 1 heterocycles. The van der Waals surface area contributed by atoms with E-state index in [2.05, 4.69) is 4.74 Å². The highest BCUT2D eigenvalue weighted by Crippen LogP contribution is 2.35. The fourth-order valence-electron chi connectivity index (χ4n) is 0.786. The van der Waals surface area contributed by atoms with Gasteiger partial charge in [-0.15, -0.1) is 23.1 Å². The van der Waals surface area contributed by atoms with Crippen molar-refractivity contribution in [2.75, 3.05) is 6.26 Å². The van der Waals surface area contributed by atoms with Gasteiger partial charge in [0.15, 0.2) is 10.6 Å². The second-order valence-corrected chi connectivity index (χ2v) is 4.31. The molecule has 0 radical (unpaired) electrons. The molecule has 0 saturated carbocycles. The molecule has 7 heteroatoms. The molecule has 0 fully saturated rings. The summed E-state index contributed by atoms with van der Waals surface area (Å²) in [6.45, 7) is -3.00. The van der Waals surface area contributed by atoms with Crippen molar-refractivity contribution in [3.8, 4) is 5.75 Å². The Hall–Kier alpha value is -0.820. The van der Waals surface area contributed by atoms with Gasteiger partial charge in [0.2, 0.25) is 0 Å². The predicted octanol–water partition coefficient (Wildman–Crippen LogP) is 2.77. The van der Waals surface area contributed by atoms with Crippen molar-refractivity contribution < 1.29 is 23.4 Å². The first kappa shape index (κ1) is 11.3. The van der Waals surface area contributed by atoms with Gasteiger partial charge in [0.25, 0.3) is 0 Å². The summed E-state index contributed by atoms with van der Waals surface area (Å²) >= 11 is 2.19. The average Bonchev–Trinajstić information content (AvgIpc) is 2.46. The van der Waals surface area contributed by atoms with Crippen molar-refractivity contribution in [2.45, 2.75) is 10.8 Å². The maximum absolute atomic E-state index is 11.9. The number of ether oxygens (including phenoxy) is 1. The molecule has 1 rings (SSSR count). The lowest BCUT2D eigenvalue weighted by Gasteiger charge is -2.01. The summed E-state index contributed by atoms with van der Waals surface area (Å²) in [4.78, 5) is 10.4. The molecule has 0 aromatic carbocycles. The van der Waals surface area contributed by atoms with E-state index in [4.69, 9.17) is 5.11 Å². The van der Waals surface area contributed by atoms with Gasteiger partial charge in [-0.25, -0.2) is 4.79 Å². The number of rotatable bonds is 4. The first-order valence-corrected chi connectivity index (χ1v) is 5.44. The van der Waals surface area contributed by atoms with Gasteiger partial charge in [-0.3, -0.25) is 0 Å². The Morgan fingerprint density at radius 3 is 2.79 bits per heavy atom. The minimum atomic E-state index is -3.00. The molecule has 0 atom stereocenters. The van der Waals surface area contributed by atoms with Gasteiger partial charge in [-0.2, -0.15) is 8.78 Å². The van der Waals surface area contributed by atoms with Crippen LogP contribution in [-0.2, 0) is 0 Å². The molecular formula is C7H6F2O3S2. The molecule has 1 aromatic rings. The molecular weight excluding hydrogens is 234 g/mol. The zero-order chi connectivity index (χ0) is 10.7. The molecule has 0 unspecified atom stereocenters. The molecule has 14 heavy (non-hydrogen) atoms. The normalized spacial score (nSPS) is 10.6. The van der Waals surface area contributed by atoms with Gasteiger partial charge in [-0.1, -0.05) is 0 Å². The van der Waals surface area contributed by atoms with Crippen LogP contribution in [0.2, 0.25) is 0 Å². The van der Waals surface area contributed by atoms with Crippen molar-refractivity contribution in [3.05, 3.63) is 10.9 Å². The molecule has 0 saturated heterocycles. The van der Waals surface area contributed by atoms with Crippen LogP contribution in [0.1, 0.15) is 9.67 Å². The number of hydrogen-bond acceptors (Lipinski definition) is 4. The number of carbonyl (C=O) groups is 1. The number of aromatic carboxylic acids is 1. The van der Waals surface area contributed by atoms with Crippen LogP contribution in [-0.4, -0.2) is 23.9 Å². The minimum Gasteiger partial charge on any atom is -0.477 e. The largest absolute Gasteiger partial charge is 0.477 e. The molecule has 78 valence electrons. The summed E-state index contributed by atoms with van der Waals surface area (Å²) in [6.07, 6.45) is 1.73. The molecule has 1 N–H and O–H groups in total. The number of thioether (sulfide) groups is 1. The lowest BCUT2D eigenvalue weighted by atomic mass is 10.4. The van der Waals surface area contributed by atoms with Crippen LogP contribution >= 0.6 is 23.1 Å². The van der Waals surface area contributed by atoms with Crippen molar-refractivity contribution in [1.29, 1.82) is 0 Å². The third-order valence-corrected chi connectivity index (χ3v) is 3.46. The van der Waals surface area contributed by atoms with Crippen molar-refractivity contribution in [3.63, 3.8) is 0 Å². The van der Waals surface area contributed by atoms with Crippen molar-refractivity contribution in [1.82, 2.24) is 0 Å². The number of carboxylic acid groups (broad SMARTS) is 1. The molecule has 0 bridgehead atoms. The van der Waals surface area contributed by atoms with Crippen LogP contribution < -0.4 is 4.74 Å². The highest BCUT2D eigenvalue weighted by Gasteiger charge is 2.19. The standard InChI is InChI=1S/C7H6F2O3S2/c1-13-4-2-3(12-7(8)9)5(14-4)6(10)11/h2,7H,1H3,(H,10,11). The fraction of sp³-hybridized carbons (Fsp3) is 0.286. The Bertz CT molecular complexity index is 338. The summed E-state index contributed by atoms with van der Waals surface area (Å²) < 4.78 is 28.4. The Morgan fingerprint density at radius 1 is 1.71 bits per heavy atom. The first-order valence-electron chi connectivity index (χ1n) is 3.40. The fourth-order valence-corrected chi connectivity index (χ4v) is 2.26. The second kappa shape index (κ2) is 4.61. The molecule has 0 spiro atoms. The molecule has 0 amide bonds. The molecule has 0 aliphatic rings. The van der Waals surface area contributed by atoms with Crippen molar-refractivity contribution in [2.24, 2.45) is 0 Å². The lowest BCUT2D eigenvalue weighted by molar-refractivity contribution is -0.0500. The predicted molar refractivity (Wildman–Crippen MR) is 49.7 cm³/mol. The highest BCUT2D eigenvalue weighted by molar-refractivity contribution is 8.00. The summed E-state index contributed by atoms with van der Waals surface area (Å²) in [5, 5.41) is 8.66. The number of thiophene rings is 1. The Morgan fingerprint density at radius 2 is 2.36 bits per heavy atom. The van der Waals surface area contributed by atoms with Crippen LogP contribution in [0.3, 0.4) is 0 Å². The number of carboxylic acids is 1. The molecule has 0 aliphatic carbocycles. The van der Waals surface area contributed by atoms with E-state index >= 15 is 0 Å². The van der Waals surface area contributed by atoms with Crippen LogP contribution in [0.25, 0.3) is 0 Å². The smallest absolute Gasteiger partial charge is 0.387 e. The third-order valence-electron chi connectivity index (χ3n) is 1.29. The summed E-state index contributed by atoms with van der Waals surface area (Å²) in [6, 6.07) is 1.30. The first-order chi connectivity index (χ1) is 6.54. The van der Waals surface area contributed by atoms with Gasteiger partial charge in [0, 0.05) is 6.07 Å². The molecule has 1 aromatic heterocycles. The van der Waals surface area contributed by atoms with Crippen molar-refractivity contribution >= 4 is 29.1 Å². The van der Waals surface area contributed by atoms with E-state index in [1.54, 1.807) is 6.26 Å². The molecule has 0 aliphatic heterocycles. The van der Waals surface area contributed by atoms with E-state index in [1.165, 1.54) is 17.8 Å². The van der Waals surface area contributed by atoms with E-state index in [0.717, 1.165) is 11.3 Å². The van der Waals surface area contributed by atoms with Gasteiger partial charge in [0.05, 0.1) is 4.21 Å². The highest BCUT2D eigenvalue weighted by atomic mass is 32.2. The topological polar surface area (TPSA) is 46.5 Å². The SMILES string of the molecule is CSc1cc(OC(F)F)c(C(=O)O)s1. The Kier molecular flexibility index (Phi) is 3.70. The Balaban J connectivity index is 2.99. The number of halogens is 2. The van der Waals surface area contributed by atoms with Gasteiger partial charge >= 0.3 is 12.6 Å².